The number of carbonyl (C=O) groups is 1. The van der Waals surface area contributed by atoms with Gasteiger partial charge in [-0.1, -0.05) is 41.4 Å². The number of carbonyl (C=O) groups excluding carboxylic acids is 1. The molecule has 0 aromatic heterocycles. The molecule has 0 aliphatic rings. The summed E-state index contributed by atoms with van der Waals surface area (Å²) in [5, 5.41) is 0.466. The Labute approximate surface area is 140 Å². The number of nitrogens with two attached hydrogens (primary N) is 1. The maximum Gasteiger partial charge on any atom is 0.255 e. The molecule has 0 spiro atoms. The van der Waals surface area contributed by atoms with Gasteiger partial charge in [0.15, 0.2) is 0 Å². The fourth-order valence-electron chi connectivity index (χ4n) is 1.64. The molecular weight excluding hydrogens is 363 g/mol. The highest BCUT2D eigenvalue weighted by molar-refractivity contribution is 9.10. The average Bonchev–Trinajstić information content (AvgIpc) is 2.37. The predicted molar refractivity (Wildman–Crippen MR) is 90.8 cm³/mol. The molecular formula is C14H21BrCl2N2O. The highest BCUT2D eigenvalue weighted by Gasteiger charge is 2.17. The molecule has 0 radical (unpaired) electrons. The Morgan fingerprint density at radius 2 is 2.05 bits per heavy atom. The summed E-state index contributed by atoms with van der Waals surface area (Å²) >= 11 is 9.40. The van der Waals surface area contributed by atoms with Gasteiger partial charge in [0.1, 0.15) is 0 Å². The van der Waals surface area contributed by atoms with Crippen LogP contribution in [0.4, 0.5) is 0 Å². The summed E-state index contributed by atoms with van der Waals surface area (Å²) in [7, 11) is 1.77. The van der Waals surface area contributed by atoms with Crippen LogP contribution in [0, 0.1) is 5.92 Å². The molecule has 1 atom stereocenters. The van der Waals surface area contributed by atoms with Crippen LogP contribution in [0.3, 0.4) is 0 Å². The predicted octanol–water partition coefficient (Wildman–Crippen LogP) is 3.97. The molecule has 0 aliphatic carbocycles. The van der Waals surface area contributed by atoms with Crippen molar-refractivity contribution in [2.24, 2.45) is 11.7 Å². The second kappa shape index (κ2) is 8.88. The quantitative estimate of drug-likeness (QED) is 0.835. The smallest absolute Gasteiger partial charge is 0.255 e. The highest BCUT2D eigenvalue weighted by atomic mass is 79.9. The van der Waals surface area contributed by atoms with E-state index < -0.39 is 0 Å². The van der Waals surface area contributed by atoms with Crippen LogP contribution in [0.1, 0.15) is 30.6 Å². The minimum Gasteiger partial charge on any atom is -0.342 e. The van der Waals surface area contributed by atoms with E-state index in [9.17, 15) is 4.79 Å². The Balaban J connectivity index is 0.00000361. The van der Waals surface area contributed by atoms with Crippen LogP contribution in [-0.4, -0.2) is 30.4 Å². The summed E-state index contributed by atoms with van der Waals surface area (Å²) in [6.07, 6.45) is 0.783. The Hall–Kier alpha value is -0.290. The van der Waals surface area contributed by atoms with E-state index in [1.54, 1.807) is 24.1 Å². The van der Waals surface area contributed by atoms with E-state index in [0.717, 1.165) is 10.9 Å². The Bertz CT molecular complexity index is 455. The van der Waals surface area contributed by atoms with E-state index in [1.807, 2.05) is 6.07 Å². The second-order valence-corrected chi connectivity index (χ2v) is 6.37. The molecule has 0 saturated heterocycles. The molecule has 0 heterocycles. The number of nitrogens with zero attached hydrogens (tertiary/aromatic N) is 1. The van der Waals surface area contributed by atoms with Crippen LogP contribution in [0.2, 0.25) is 5.02 Å². The molecule has 6 heteroatoms. The zero-order chi connectivity index (χ0) is 14.6. The lowest BCUT2D eigenvalue weighted by Crippen LogP contribution is -2.34. The lowest BCUT2D eigenvalue weighted by atomic mass is 10.0. The molecule has 1 rings (SSSR count). The van der Waals surface area contributed by atoms with Crippen molar-refractivity contribution in [3.8, 4) is 0 Å². The van der Waals surface area contributed by atoms with Crippen LogP contribution >= 0.6 is 39.9 Å². The van der Waals surface area contributed by atoms with E-state index in [2.05, 4.69) is 29.8 Å². The first kappa shape index (κ1) is 19.7. The molecule has 0 bridgehead atoms. The SMILES string of the molecule is CC(C)C(N)CCN(C)C(=O)c1cc(Br)ccc1Cl.Cl. The molecule has 3 nitrogen and oxygen atoms in total. The maximum absolute atomic E-state index is 12.3. The first-order valence-electron chi connectivity index (χ1n) is 6.29. The van der Waals surface area contributed by atoms with Crippen molar-refractivity contribution in [1.29, 1.82) is 0 Å². The molecule has 0 saturated carbocycles. The van der Waals surface area contributed by atoms with Crippen LogP contribution in [0.5, 0.6) is 0 Å². The van der Waals surface area contributed by atoms with Crippen molar-refractivity contribution < 1.29 is 4.79 Å². The van der Waals surface area contributed by atoms with E-state index in [1.165, 1.54) is 0 Å². The van der Waals surface area contributed by atoms with Crippen molar-refractivity contribution >= 4 is 45.8 Å². The summed E-state index contributed by atoms with van der Waals surface area (Å²) in [6.45, 7) is 4.79. The van der Waals surface area contributed by atoms with E-state index in [-0.39, 0.29) is 24.4 Å². The van der Waals surface area contributed by atoms with Gasteiger partial charge in [-0.3, -0.25) is 4.79 Å². The van der Waals surface area contributed by atoms with Gasteiger partial charge in [-0.2, -0.15) is 0 Å². The molecule has 2 N–H and O–H groups in total. The fraction of sp³-hybridized carbons (Fsp3) is 0.500. The van der Waals surface area contributed by atoms with Crippen molar-refractivity contribution in [2.45, 2.75) is 26.3 Å². The fourth-order valence-corrected chi connectivity index (χ4v) is 2.20. The van der Waals surface area contributed by atoms with Gasteiger partial charge in [-0.15, -0.1) is 12.4 Å². The summed E-state index contributed by atoms with van der Waals surface area (Å²) in [5.41, 5.74) is 6.50. The van der Waals surface area contributed by atoms with Crippen LogP contribution in [0.25, 0.3) is 0 Å². The summed E-state index contributed by atoms with van der Waals surface area (Å²) < 4.78 is 0.840. The number of amides is 1. The van der Waals surface area contributed by atoms with Gasteiger partial charge in [-0.25, -0.2) is 0 Å². The molecule has 0 aliphatic heterocycles. The van der Waals surface area contributed by atoms with Crippen molar-refractivity contribution in [2.75, 3.05) is 13.6 Å². The lowest BCUT2D eigenvalue weighted by molar-refractivity contribution is 0.0789. The normalized spacial score (nSPS) is 11.9. The van der Waals surface area contributed by atoms with Gasteiger partial charge < -0.3 is 10.6 Å². The third-order valence-corrected chi connectivity index (χ3v) is 3.98. The van der Waals surface area contributed by atoms with E-state index >= 15 is 0 Å². The van der Waals surface area contributed by atoms with Gasteiger partial charge in [0, 0.05) is 24.1 Å². The van der Waals surface area contributed by atoms with Crippen LogP contribution < -0.4 is 5.73 Å². The van der Waals surface area contributed by atoms with Crippen LogP contribution in [0.15, 0.2) is 22.7 Å². The molecule has 20 heavy (non-hydrogen) atoms. The standard InChI is InChI=1S/C14H20BrClN2O.ClH/c1-9(2)13(17)6-7-18(3)14(19)11-8-10(15)4-5-12(11)16;/h4-5,8-9,13H,6-7,17H2,1-3H3;1H. The van der Waals surface area contributed by atoms with Gasteiger partial charge in [0.25, 0.3) is 5.91 Å². The van der Waals surface area contributed by atoms with Gasteiger partial charge in [0.05, 0.1) is 10.6 Å². The Kier molecular flexibility index (Phi) is 8.75. The average molecular weight is 384 g/mol. The van der Waals surface area contributed by atoms with E-state index in [4.69, 9.17) is 17.3 Å². The summed E-state index contributed by atoms with van der Waals surface area (Å²) in [4.78, 5) is 13.9. The minimum atomic E-state index is -0.0812. The molecule has 1 amide bonds. The largest absolute Gasteiger partial charge is 0.342 e. The monoisotopic (exact) mass is 382 g/mol. The molecule has 1 aromatic carbocycles. The molecule has 0 fully saturated rings. The number of hydrogen-bond donors (Lipinski definition) is 1. The number of benzene rings is 1. The maximum atomic E-state index is 12.3. The molecule has 1 aromatic rings. The number of halogens is 3. The molecule has 114 valence electrons. The lowest BCUT2D eigenvalue weighted by Gasteiger charge is -2.22. The van der Waals surface area contributed by atoms with Gasteiger partial charge in [-0.05, 0) is 30.5 Å². The summed E-state index contributed by atoms with van der Waals surface area (Å²) in [5.74, 6) is 0.334. The first-order valence-corrected chi connectivity index (χ1v) is 7.46. The second-order valence-electron chi connectivity index (χ2n) is 5.05. The topological polar surface area (TPSA) is 46.3 Å². The highest BCUT2D eigenvalue weighted by Crippen LogP contribution is 2.22. The number of rotatable bonds is 5. The Morgan fingerprint density at radius 3 is 2.60 bits per heavy atom. The zero-order valence-electron chi connectivity index (χ0n) is 11.9. The molecule has 1 unspecified atom stereocenters. The zero-order valence-corrected chi connectivity index (χ0v) is 15.1. The third-order valence-electron chi connectivity index (χ3n) is 3.16. The first-order chi connectivity index (χ1) is 8.82. The van der Waals surface area contributed by atoms with E-state index in [0.29, 0.717) is 23.0 Å². The van der Waals surface area contributed by atoms with Crippen LogP contribution in [-0.2, 0) is 0 Å². The minimum absolute atomic E-state index is 0. The van der Waals surface area contributed by atoms with Crippen molar-refractivity contribution in [1.82, 2.24) is 4.90 Å². The third kappa shape index (κ3) is 5.60. The van der Waals surface area contributed by atoms with Crippen molar-refractivity contribution in [3.05, 3.63) is 33.3 Å². The van der Waals surface area contributed by atoms with Gasteiger partial charge >= 0.3 is 0 Å². The van der Waals surface area contributed by atoms with Crippen molar-refractivity contribution in [3.63, 3.8) is 0 Å². The van der Waals surface area contributed by atoms with Gasteiger partial charge in [0.2, 0.25) is 0 Å². The number of hydrogen-bond acceptors (Lipinski definition) is 2. The Morgan fingerprint density at radius 1 is 1.45 bits per heavy atom. The summed E-state index contributed by atoms with van der Waals surface area (Å²) in [6, 6.07) is 5.37.